The number of nitrogens with two attached hydrogens (primary N) is 2. The molecule has 0 heterocycles. The molecule has 0 aromatic heterocycles. The average Bonchev–Trinajstić information content (AvgIpc) is 3.19. The molecule has 0 rings (SSSR count). The quantitative estimate of drug-likeness (QED) is 0.0233. The molecule has 0 saturated heterocycles. The minimum absolute atomic E-state index is 0.0162. The van der Waals surface area contributed by atoms with Crippen molar-refractivity contribution in [3.63, 3.8) is 0 Å². The van der Waals surface area contributed by atoms with Gasteiger partial charge in [-0.15, -0.1) is 0 Å². The Balaban J connectivity index is 0. The molecule has 0 radical (unpaired) electrons. The van der Waals surface area contributed by atoms with Crippen molar-refractivity contribution in [1.82, 2.24) is 10.6 Å². The van der Waals surface area contributed by atoms with E-state index in [9.17, 15) is 38.4 Å². The molecule has 0 aliphatic carbocycles. The highest BCUT2D eigenvalue weighted by atomic mass is 16.7. The zero-order valence-electron chi connectivity index (χ0n) is 42.5. The molecule has 0 bridgehead atoms. The average molecular weight is 969 g/mol. The van der Waals surface area contributed by atoms with Crippen LogP contribution in [0.2, 0.25) is 0 Å². The Labute approximate surface area is 402 Å². The molecule has 20 nitrogen and oxygen atoms in total. The van der Waals surface area contributed by atoms with Crippen molar-refractivity contribution in [1.29, 1.82) is 0 Å². The number of carbonyl (C=O) groups excluding carboxylic acids is 8. The number of carbonyl (C=O) groups is 8. The summed E-state index contributed by atoms with van der Waals surface area (Å²) in [6, 6.07) is -0.595. The Morgan fingerprint density at radius 2 is 0.971 bits per heavy atom. The van der Waals surface area contributed by atoms with Gasteiger partial charge in [0, 0.05) is 41.3 Å². The third-order valence-corrected chi connectivity index (χ3v) is 9.90. The van der Waals surface area contributed by atoms with Crippen LogP contribution in [-0.4, -0.2) is 106 Å². The van der Waals surface area contributed by atoms with Gasteiger partial charge in [-0.25, -0.2) is 38.4 Å². The van der Waals surface area contributed by atoms with Gasteiger partial charge in [0.05, 0.1) is 13.2 Å². The molecule has 20 heteroatoms. The lowest BCUT2D eigenvalue weighted by Crippen LogP contribution is -2.49. The van der Waals surface area contributed by atoms with Crippen molar-refractivity contribution < 1.29 is 76.3 Å². The van der Waals surface area contributed by atoms with E-state index in [4.69, 9.17) is 49.4 Å². The number of alkyl carbamates (subject to hydrolysis) is 2. The Bertz CT molecular complexity index is 1710. The zero-order chi connectivity index (χ0) is 52.9. The van der Waals surface area contributed by atoms with Crippen LogP contribution in [0.25, 0.3) is 0 Å². The summed E-state index contributed by atoms with van der Waals surface area (Å²) in [5, 5.41) is 5.50. The maximum Gasteiger partial charge on any atom is 0.407 e. The van der Waals surface area contributed by atoms with E-state index >= 15 is 0 Å². The van der Waals surface area contributed by atoms with Gasteiger partial charge in [0.1, 0.15) is 25.4 Å². The smallest absolute Gasteiger partial charge is 0.407 e. The first kappa shape index (κ1) is 64.0. The number of hydrogen-bond acceptors (Lipinski definition) is 16. The second kappa shape index (κ2) is 32.6. The van der Waals surface area contributed by atoms with E-state index in [-0.39, 0.29) is 65.8 Å². The second-order valence-corrected chi connectivity index (χ2v) is 18.3. The number of primary amides is 2. The molecule has 5 unspecified atom stereocenters. The standard InChI is InChI=1S/C25H42N2O8.C23H38N2O8/c1-10-32-23(30)26-13-12-18(7)15-25(8,9)19(27-24(31)33-11-2)14-20(34-21(28)16(3)4)35-22(29)17(5)6;1-14(2)19(26)30-12-17(32-21(24)28)9-8-16(5)10-23(6,7)11-18(33-22(25)29)13-31-20(27)15(3)4/h18-20H,3,5,10-15H2,1-2,4,6-9H3,(H,26,30)(H,27,31);16-18H,1,3,8-13H2,2,4-7H3,(H2,24,28)(H2,25,29). The normalized spacial score (nSPS) is 13.2. The number of nitrogens with one attached hydrogen (secondary N) is 2. The lowest BCUT2D eigenvalue weighted by atomic mass is 9.75. The Hall–Kier alpha value is -6.08. The first-order chi connectivity index (χ1) is 31.4. The second-order valence-electron chi connectivity index (χ2n) is 18.3. The van der Waals surface area contributed by atoms with E-state index < -0.39 is 78.2 Å². The van der Waals surface area contributed by atoms with E-state index in [0.29, 0.717) is 45.3 Å². The molecule has 0 aliphatic rings. The van der Waals surface area contributed by atoms with Gasteiger partial charge in [0.15, 0.2) is 0 Å². The van der Waals surface area contributed by atoms with Crippen LogP contribution >= 0.6 is 0 Å². The first-order valence-corrected chi connectivity index (χ1v) is 22.5. The maximum atomic E-state index is 12.3. The highest BCUT2D eigenvalue weighted by molar-refractivity contribution is 5.89. The molecular formula is C48H80N4O16. The third-order valence-electron chi connectivity index (χ3n) is 9.90. The van der Waals surface area contributed by atoms with Gasteiger partial charge < -0.3 is 60.0 Å². The Kier molecular flexibility index (Phi) is 30.7. The van der Waals surface area contributed by atoms with Crippen molar-refractivity contribution in [2.45, 2.75) is 153 Å². The predicted octanol–water partition coefficient (Wildman–Crippen LogP) is 7.62. The van der Waals surface area contributed by atoms with Crippen LogP contribution in [0.1, 0.15) is 128 Å². The lowest BCUT2D eigenvalue weighted by Gasteiger charge is -2.38. The van der Waals surface area contributed by atoms with Crippen molar-refractivity contribution >= 4 is 48.3 Å². The molecule has 68 heavy (non-hydrogen) atoms. The molecule has 0 saturated carbocycles. The predicted molar refractivity (Wildman–Crippen MR) is 253 cm³/mol. The van der Waals surface area contributed by atoms with Gasteiger partial charge >= 0.3 is 48.3 Å². The molecule has 388 valence electrons. The number of esters is 4. The first-order valence-electron chi connectivity index (χ1n) is 22.5. The third kappa shape index (κ3) is 31.0. The van der Waals surface area contributed by atoms with Crippen LogP contribution in [0.15, 0.2) is 48.6 Å². The minimum atomic E-state index is -1.28. The summed E-state index contributed by atoms with van der Waals surface area (Å²) in [5.41, 5.74) is 10.2. The van der Waals surface area contributed by atoms with Gasteiger partial charge in [-0.05, 0) is 103 Å². The van der Waals surface area contributed by atoms with Crippen LogP contribution in [0.5, 0.6) is 0 Å². The van der Waals surface area contributed by atoms with Crippen molar-refractivity contribution in [3.05, 3.63) is 48.6 Å². The van der Waals surface area contributed by atoms with Gasteiger partial charge in [0.25, 0.3) is 0 Å². The molecule has 0 aromatic carbocycles. The maximum absolute atomic E-state index is 12.3. The van der Waals surface area contributed by atoms with Crippen LogP contribution in [0.4, 0.5) is 19.2 Å². The summed E-state index contributed by atoms with van der Waals surface area (Å²) in [5.74, 6) is -2.29. The van der Waals surface area contributed by atoms with Gasteiger partial charge in [-0.1, -0.05) is 67.9 Å². The summed E-state index contributed by atoms with van der Waals surface area (Å²) in [6.45, 7) is 36.1. The van der Waals surface area contributed by atoms with Crippen molar-refractivity contribution in [3.8, 4) is 0 Å². The summed E-state index contributed by atoms with van der Waals surface area (Å²) in [7, 11) is 0. The van der Waals surface area contributed by atoms with E-state index in [1.807, 2.05) is 41.5 Å². The molecule has 0 aromatic rings. The van der Waals surface area contributed by atoms with Gasteiger partial charge in [0.2, 0.25) is 6.29 Å². The Morgan fingerprint density at radius 3 is 1.41 bits per heavy atom. The lowest BCUT2D eigenvalue weighted by molar-refractivity contribution is -0.185. The van der Waals surface area contributed by atoms with Gasteiger partial charge in [-0.3, -0.25) is 0 Å². The van der Waals surface area contributed by atoms with E-state index in [1.54, 1.807) is 13.8 Å². The van der Waals surface area contributed by atoms with Crippen molar-refractivity contribution in [2.24, 2.45) is 34.1 Å². The largest absolute Gasteiger partial charge is 0.458 e. The fraction of sp³-hybridized carbons (Fsp3) is 0.667. The highest BCUT2D eigenvalue weighted by Gasteiger charge is 2.37. The van der Waals surface area contributed by atoms with Crippen molar-refractivity contribution in [2.75, 3.05) is 33.0 Å². The molecule has 0 spiro atoms. The summed E-state index contributed by atoms with van der Waals surface area (Å²) in [4.78, 5) is 93.8. The van der Waals surface area contributed by atoms with Crippen LogP contribution in [-0.2, 0) is 57.1 Å². The Morgan fingerprint density at radius 1 is 0.544 bits per heavy atom. The van der Waals surface area contributed by atoms with Crippen LogP contribution in [0.3, 0.4) is 0 Å². The van der Waals surface area contributed by atoms with Gasteiger partial charge in [-0.2, -0.15) is 0 Å². The topological polar surface area (TPSA) is 286 Å². The highest BCUT2D eigenvalue weighted by Crippen LogP contribution is 2.35. The fourth-order valence-corrected chi connectivity index (χ4v) is 6.82. The van der Waals surface area contributed by atoms with E-state index in [0.717, 1.165) is 6.42 Å². The zero-order valence-corrected chi connectivity index (χ0v) is 42.5. The molecule has 5 atom stereocenters. The summed E-state index contributed by atoms with van der Waals surface area (Å²) in [6.07, 6.45) is -2.19. The number of rotatable bonds is 30. The molecular weight excluding hydrogens is 889 g/mol. The number of hydrogen-bond donors (Lipinski definition) is 4. The molecule has 4 amide bonds. The van der Waals surface area contributed by atoms with E-state index in [2.05, 4.69) is 36.9 Å². The SMILES string of the molecule is C=C(C)C(=O)OC(CC(NC(=O)OCC)C(C)(C)CC(C)CCNC(=O)OCC)OC(=O)C(=C)C.C=C(C)C(=O)OCC(CCC(C)CC(C)(C)CC(COC(=O)C(=C)C)OC(N)=O)OC(N)=O. The summed E-state index contributed by atoms with van der Waals surface area (Å²) >= 11 is 0. The summed E-state index contributed by atoms with van der Waals surface area (Å²) < 4.78 is 41.0. The minimum Gasteiger partial charge on any atom is -0.458 e. The molecule has 6 N–H and O–H groups in total. The van der Waals surface area contributed by atoms with Crippen LogP contribution in [0, 0.1) is 22.7 Å². The number of amides is 4. The molecule has 0 aliphatic heterocycles. The fourth-order valence-electron chi connectivity index (χ4n) is 6.82. The monoisotopic (exact) mass is 969 g/mol. The molecule has 0 fully saturated rings. The van der Waals surface area contributed by atoms with E-state index in [1.165, 1.54) is 27.7 Å². The number of ether oxygens (including phenoxy) is 8. The van der Waals surface area contributed by atoms with Crippen LogP contribution < -0.4 is 22.1 Å².